The number of halogens is 3. The summed E-state index contributed by atoms with van der Waals surface area (Å²) in [6.45, 7) is 0. The predicted octanol–water partition coefficient (Wildman–Crippen LogP) is 2.98. The number of nitrogens with one attached hydrogen (secondary N) is 1. The molecule has 134 valence electrons. The molecule has 25 heavy (non-hydrogen) atoms. The molecule has 0 aliphatic heterocycles. The van der Waals surface area contributed by atoms with Crippen molar-refractivity contribution in [3.63, 3.8) is 0 Å². The third kappa shape index (κ3) is 4.31. The van der Waals surface area contributed by atoms with Crippen molar-refractivity contribution < 1.29 is 27.4 Å². The number of hydrogen-bond donors (Lipinski definition) is 1. The number of hydrogen-bond acceptors (Lipinski definition) is 5. The van der Waals surface area contributed by atoms with Crippen molar-refractivity contribution in [1.29, 1.82) is 0 Å². The summed E-state index contributed by atoms with van der Waals surface area (Å²) in [7, 11) is 4.36. The molecule has 1 N–H and O–H groups in total. The molecule has 0 amide bonds. The summed E-state index contributed by atoms with van der Waals surface area (Å²) in [5.74, 6) is 1.27. The van der Waals surface area contributed by atoms with Crippen LogP contribution in [0.3, 0.4) is 0 Å². The van der Waals surface area contributed by atoms with Gasteiger partial charge >= 0.3 is 11.9 Å². The van der Waals surface area contributed by atoms with Gasteiger partial charge in [0.1, 0.15) is 5.75 Å². The number of alkyl halides is 3. The zero-order chi connectivity index (χ0) is 18.6. The number of benzene rings is 1. The first kappa shape index (κ1) is 18.4. The summed E-state index contributed by atoms with van der Waals surface area (Å²) in [6.07, 6.45) is -1.92. The number of rotatable bonds is 5. The van der Waals surface area contributed by atoms with Gasteiger partial charge in [-0.1, -0.05) is 0 Å². The number of aromatic nitrogens is 2. The minimum Gasteiger partial charge on any atom is -0.496 e. The van der Waals surface area contributed by atoms with Gasteiger partial charge in [0, 0.05) is 17.3 Å². The van der Waals surface area contributed by atoms with E-state index in [1.807, 2.05) is 0 Å². The van der Waals surface area contributed by atoms with E-state index < -0.39 is 17.6 Å². The molecule has 0 saturated carbocycles. The maximum atomic E-state index is 12.7. The Morgan fingerprint density at radius 3 is 2.12 bits per heavy atom. The predicted molar refractivity (Wildman–Crippen MR) is 84.9 cm³/mol. The van der Waals surface area contributed by atoms with Gasteiger partial charge in [-0.2, -0.15) is 18.2 Å². The lowest BCUT2D eigenvalue weighted by Gasteiger charge is -2.12. The van der Waals surface area contributed by atoms with Crippen LogP contribution in [-0.2, 0) is 6.18 Å². The van der Waals surface area contributed by atoms with E-state index in [0.717, 1.165) is 6.07 Å². The van der Waals surface area contributed by atoms with E-state index in [9.17, 15) is 18.0 Å². The van der Waals surface area contributed by atoms with Crippen molar-refractivity contribution in [2.24, 2.45) is 0 Å². The van der Waals surface area contributed by atoms with Crippen LogP contribution >= 0.6 is 0 Å². The summed E-state index contributed by atoms with van der Waals surface area (Å²) in [5, 5.41) is 0. The molecule has 0 aliphatic rings. The molecular weight excluding hydrogens is 341 g/mol. The quantitative estimate of drug-likeness (QED) is 0.892. The normalized spacial score (nSPS) is 11.6. The number of nitrogens with zero attached hydrogens (tertiary/aromatic N) is 1. The lowest BCUT2D eigenvalue weighted by atomic mass is 10.1. The maximum Gasteiger partial charge on any atom is 0.433 e. The molecule has 0 fully saturated rings. The molecular formula is C16H15F3N2O4. The molecule has 2 aromatic rings. The van der Waals surface area contributed by atoms with Crippen LogP contribution < -0.4 is 19.9 Å². The van der Waals surface area contributed by atoms with Crippen molar-refractivity contribution in [3.8, 4) is 17.2 Å². The van der Waals surface area contributed by atoms with Gasteiger partial charge < -0.3 is 19.2 Å². The fourth-order valence-electron chi connectivity index (χ4n) is 2.07. The average Bonchev–Trinajstić information content (AvgIpc) is 2.57. The Morgan fingerprint density at radius 1 is 0.960 bits per heavy atom. The standard InChI is InChI=1S/C16H15F3N2O4/c1-23-11-8-13(25-3)12(24-2)6-9(11)4-5-10-7-14(16(17,18)19)21-15(22)20-10/h4-8H,1-3H3,(H,20,21,22)/b5-4+. The van der Waals surface area contributed by atoms with Gasteiger partial charge in [0.15, 0.2) is 17.2 Å². The van der Waals surface area contributed by atoms with Gasteiger partial charge in [-0.05, 0) is 24.3 Å². The SMILES string of the molecule is COc1cc(OC)c(OC)cc1/C=C/c1cc(C(F)(F)F)nc(=O)[nH]1. The van der Waals surface area contributed by atoms with Gasteiger partial charge in [-0.3, -0.25) is 0 Å². The van der Waals surface area contributed by atoms with Crippen LogP contribution in [-0.4, -0.2) is 31.3 Å². The van der Waals surface area contributed by atoms with Crippen LogP contribution in [0.25, 0.3) is 12.2 Å². The summed E-state index contributed by atoms with van der Waals surface area (Å²) < 4.78 is 53.7. The number of ether oxygens (including phenoxy) is 3. The highest BCUT2D eigenvalue weighted by molar-refractivity contribution is 5.73. The van der Waals surface area contributed by atoms with Crippen molar-refractivity contribution in [2.45, 2.75) is 6.18 Å². The fraction of sp³-hybridized carbons (Fsp3) is 0.250. The third-order valence-corrected chi connectivity index (χ3v) is 3.23. The van der Waals surface area contributed by atoms with Gasteiger partial charge in [-0.25, -0.2) is 4.79 Å². The molecule has 0 atom stereocenters. The zero-order valence-corrected chi connectivity index (χ0v) is 13.6. The van der Waals surface area contributed by atoms with Gasteiger partial charge in [0.2, 0.25) is 0 Å². The number of methoxy groups -OCH3 is 3. The zero-order valence-electron chi connectivity index (χ0n) is 13.6. The summed E-state index contributed by atoms with van der Waals surface area (Å²) in [6, 6.07) is 3.91. The molecule has 0 radical (unpaired) electrons. The summed E-state index contributed by atoms with van der Waals surface area (Å²) in [4.78, 5) is 16.5. The lowest BCUT2D eigenvalue weighted by Crippen LogP contribution is -2.19. The number of aromatic amines is 1. The van der Waals surface area contributed by atoms with E-state index in [1.54, 1.807) is 12.1 Å². The molecule has 0 saturated heterocycles. The first-order valence-electron chi connectivity index (χ1n) is 6.95. The maximum absolute atomic E-state index is 12.7. The van der Waals surface area contributed by atoms with Crippen LogP contribution in [0.5, 0.6) is 17.2 Å². The van der Waals surface area contributed by atoms with Crippen LogP contribution in [0.4, 0.5) is 13.2 Å². The first-order valence-corrected chi connectivity index (χ1v) is 6.95. The highest BCUT2D eigenvalue weighted by atomic mass is 19.4. The second-order valence-corrected chi connectivity index (χ2v) is 4.81. The largest absolute Gasteiger partial charge is 0.496 e. The molecule has 9 heteroatoms. The minimum absolute atomic E-state index is 0.0517. The molecule has 1 aromatic heterocycles. The van der Waals surface area contributed by atoms with Crippen LogP contribution in [0, 0.1) is 0 Å². The smallest absolute Gasteiger partial charge is 0.433 e. The van der Waals surface area contributed by atoms with Gasteiger partial charge in [0.05, 0.1) is 21.3 Å². The minimum atomic E-state index is -4.71. The Hall–Kier alpha value is -2.97. The van der Waals surface area contributed by atoms with Crippen LogP contribution in [0.1, 0.15) is 17.0 Å². The van der Waals surface area contributed by atoms with E-state index in [-0.39, 0.29) is 5.69 Å². The summed E-state index contributed by atoms with van der Waals surface area (Å²) >= 11 is 0. The van der Waals surface area contributed by atoms with E-state index in [2.05, 4.69) is 9.97 Å². The molecule has 6 nitrogen and oxygen atoms in total. The molecule has 1 aromatic carbocycles. The lowest BCUT2D eigenvalue weighted by molar-refractivity contribution is -0.141. The summed E-state index contributed by atoms with van der Waals surface area (Å²) in [5.41, 5.74) is -1.89. The van der Waals surface area contributed by atoms with E-state index >= 15 is 0 Å². The molecule has 0 bridgehead atoms. The molecule has 0 spiro atoms. The topological polar surface area (TPSA) is 73.4 Å². The third-order valence-electron chi connectivity index (χ3n) is 3.23. The van der Waals surface area contributed by atoms with E-state index in [4.69, 9.17) is 14.2 Å². The Morgan fingerprint density at radius 2 is 1.56 bits per heavy atom. The van der Waals surface area contributed by atoms with Crippen molar-refractivity contribution in [3.05, 3.63) is 45.6 Å². The van der Waals surface area contributed by atoms with Crippen LogP contribution in [0.15, 0.2) is 23.0 Å². The average molecular weight is 356 g/mol. The molecule has 0 unspecified atom stereocenters. The number of H-pyrrole nitrogens is 1. The Labute approximate surface area is 140 Å². The monoisotopic (exact) mass is 356 g/mol. The molecule has 0 aliphatic carbocycles. The molecule has 1 heterocycles. The van der Waals surface area contributed by atoms with Gasteiger partial charge in [0.25, 0.3) is 0 Å². The van der Waals surface area contributed by atoms with Crippen molar-refractivity contribution in [2.75, 3.05) is 21.3 Å². The van der Waals surface area contributed by atoms with E-state index in [0.29, 0.717) is 22.8 Å². The highest BCUT2D eigenvalue weighted by Gasteiger charge is 2.33. The Bertz CT molecular complexity index is 844. The van der Waals surface area contributed by atoms with E-state index in [1.165, 1.54) is 33.5 Å². The Kier molecular flexibility index (Phi) is 5.35. The van der Waals surface area contributed by atoms with Crippen LogP contribution in [0.2, 0.25) is 0 Å². The van der Waals surface area contributed by atoms with Gasteiger partial charge in [-0.15, -0.1) is 0 Å². The second kappa shape index (κ2) is 7.29. The van der Waals surface area contributed by atoms with Crippen molar-refractivity contribution >= 4 is 12.2 Å². The first-order chi connectivity index (χ1) is 11.8. The molecule has 2 rings (SSSR count). The fourth-order valence-corrected chi connectivity index (χ4v) is 2.07. The highest BCUT2D eigenvalue weighted by Crippen LogP contribution is 2.35. The Balaban J connectivity index is 2.46. The second-order valence-electron chi connectivity index (χ2n) is 4.81. The van der Waals surface area contributed by atoms with Crippen molar-refractivity contribution in [1.82, 2.24) is 9.97 Å².